The molecule has 0 amide bonds. The van der Waals surface area contributed by atoms with Gasteiger partial charge in [-0.2, -0.15) is 0 Å². The summed E-state index contributed by atoms with van der Waals surface area (Å²) >= 11 is 1.64. The van der Waals surface area contributed by atoms with E-state index in [1.807, 2.05) is 50.2 Å². The predicted octanol–water partition coefficient (Wildman–Crippen LogP) is 7.23. The van der Waals surface area contributed by atoms with Crippen LogP contribution in [0.4, 0.5) is 0 Å². The first-order valence-corrected chi connectivity index (χ1v) is 11.7. The van der Waals surface area contributed by atoms with Crippen LogP contribution in [0.5, 0.6) is 0 Å². The highest BCUT2D eigenvalue weighted by atomic mass is 32.2. The molecule has 156 valence electrons. The second kappa shape index (κ2) is 13.5. The Kier molecular flexibility index (Phi) is 11.0. The molecular formula is C24H30O3S2. The maximum absolute atomic E-state index is 9.33. The average Bonchev–Trinajstić information content (AvgIpc) is 2.75. The van der Waals surface area contributed by atoms with E-state index in [9.17, 15) is 9.11 Å². The highest BCUT2D eigenvalue weighted by Gasteiger charge is 2.12. The lowest BCUT2D eigenvalue weighted by molar-refractivity contribution is 0.268. The van der Waals surface area contributed by atoms with Crippen LogP contribution in [-0.2, 0) is 17.6 Å². The van der Waals surface area contributed by atoms with Crippen LogP contribution in [0, 0.1) is 0 Å². The SMILES string of the molecule is CC(CSO)=C(CCc1ccccc1)OC(CCc1ccccc1)=C(C)CSO. The van der Waals surface area contributed by atoms with Crippen LogP contribution in [0.25, 0.3) is 0 Å². The summed E-state index contributed by atoms with van der Waals surface area (Å²) in [5.74, 6) is 2.84. The zero-order valence-corrected chi connectivity index (χ0v) is 18.8. The van der Waals surface area contributed by atoms with E-state index in [1.165, 1.54) is 11.1 Å². The quantitative estimate of drug-likeness (QED) is 0.275. The Balaban J connectivity index is 2.16. The van der Waals surface area contributed by atoms with E-state index in [2.05, 4.69) is 24.3 Å². The van der Waals surface area contributed by atoms with Gasteiger partial charge in [0, 0.05) is 24.3 Å². The molecule has 0 spiro atoms. The van der Waals surface area contributed by atoms with Gasteiger partial charge in [-0.05, 0) is 73.0 Å². The Morgan fingerprint density at radius 2 is 1.07 bits per heavy atom. The molecule has 0 saturated carbocycles. The van der Waals surface area contributed by atoms with Crippen LogP contribution in [-0.4, -0.2) is 20.6 Å². The number of aryl methyl sites for hydroxylation is 2. The molecule has 0 atom stereocenters. The summed E-state index contributed by atoms with van der Waals surface area (Å²) in [6.45, 7) is 4.02. The zero-order valence-electron chi connectivity index (χ0n) is 17.1. The third kappa shape index (κ3) is 8.70. The molecule has 0 unspecified atom stereocenters. The van der Waals surface area contributed by atoms with Crippen molar-refractivity contribution in [3.8, 4) is 0 Å². The maximum atomic E-state index is 9.33. The van der Waals surface area contributed by atoms with Crippen molar-refractivity contribution in [3.63, 3.8) is 0 Å². The molecule has 0 fully saturated rings. The van der Waals surface area contributed by atoms with Crippen molar-refractivity contribution < 1.29 is 13.8 Å². The molecule has 29 heavy (non-hydrogen) atoms. The summed E-state index contributed by atoms with van der Waals surface area (Å²) in [7, 11) is 0. The van der Waals surface area contributed by atoms with E-state index in [1.54, 1.807) is 0 Å². The molecule has 2 N–H and O–H groups in total. The normalized spacial score (nSPS) is 13.0. The molecule has 0 radical (unpaired) electrons. The fraction of sp³-hybridized carbons (Fsp3) is 0.333. The molecule has 0 bridgehead atoms. The van der Waals surface area contributed by atoms with Crippen LogP contribution in [0.2, 0.25) is 0 Å². The molecule has 2 aromatic rings. The lowest BCUT2D eigenvalue weighted by Crippen LogP contribution is -2.05. The Morgan fingerprint density at radius 3 is 1.41 bits per heavy atom. The zero-order chi connectivity index (χ0) is 20.9. The van der Waals surface area contributed by atoms with E-state index < -0.39 is 0 Å². The predicted molar refractivity (Wildman–Crippen MR) is 126 cm³/mol. The van der Waals surface area contributed by atoms with Crippen molar-refractivity contribution >= 4 is 24.1 Å². The monoisotopic (exact) mass is 430 g/mol. The van der Waals surface area contributed by atoms with Gasteiger partial charge in [0.15, 0.2) is 0 Å². The van der Waals surface area contributed by atoms with Gasteiger partial charge in [0.25, 0.3) is 0 Å². The molecule has 2 rings (SSSR count). The van der Waals surface area contributed by atoms with Crippen LogP contribution < -0.4 is 0 Å². The van der Waals surface area contributed by atoms with E-state index in [4.69, 9.17) is 4.74 Å². The van der Waals surface area contributed by atoms with Gasteiger partial charge in [-0.3, -0.25) is 0 Å². The Hall–Kier alpha value is -1.66. The molecule has 0 aliphatic heterocycles. The van der Waals surface area contributed by atoms with Crippen LogP contribution in [0.3, 0.4) is 0 Å². The van der Waals surface area contributed by atoms with Crippen molar-refractivity contribution in [1.29, 1.82) is 0 Å². The first-order valence-electron chi connectivity index (χ1n) is 9.79. The average molecular weight is 431 g/mol. The molecule has 2 aromatic carbocycles. The standard InChI is InChI=1S/C24H30O3S2/c1-19(17-28-25)23(15-13-21-9-5-3-6-10-21)27-24(20(2)18-29-26)16-14-22-11-7-4-8-12-22/h3-12,25-26H,13-18H2,1-2H3. The minimum absolute atomic E-state index is 0.518. The fourth-order valence-electron chi connectivity index (χ4n) is 3.01. The lowest BCUT2D eigenvalue weighted by atomic mass is 10.1. The molecule has 3 nitrogen and oxygen atoms in total. The van der Waals surface area contributed by atoms with Crippen LogP contribution in [0.1, 0.15) is 37.8 Å². The second-order valence-corrected chi connectivity index (χ2v) is 8.12. The first-order chi connectivity index (χ1) is 14.1. The number of benzene rings is 2. The number of rotatable bonds is 12. The molecule has 0 aliphatic rings. The van der Waals surface area contributed by atoms with Crippen molar-refractivity contribution in [2.24, 2.45) is 0 Å². The van der Waals surface area contributed by atoms with Gasteiger partial charge in [0.2, 0.25) is 0 Å². The smallest absolute Gasteiger partial charge is 0.104 e. The fourth-order valence-corrected chi connectivity index (χ4v) is 3.72. The summed E-state index contributed by atoms with van der Waals surface area (Å²) in [4.78, 5) is 0. The van der Waals surface area contributed by atoms with Crippen molar-refractivity contribution in [1.82, 2.24) is 0 Å². The van der Waals surface area contributed by atoms with Gasteiger partial charge < -0.3 is 13.8 Å². The van der Waals surface area contributed by atoms with E-state index in [-0.39, 0.29) is 0 Å². The molecule has 0 aliphatic carbocycles. The van der Waals surface area contributed by atoms with E-state index in [0.29, 0.717) is 11.5 Å². The summed E-state index contributed by atoms with van der Waals surface area (Å²) in [5.41, 5.74) is 4.59. The Labute approximate surface area is 183 Å². The van der Waals surface area contributed by atoms with Gasteiger partial charge >= 0.3 is 0 Å². The van der Waals surface area contributed by atoms with E-state index in [0.717, 1.165) is 72.4 Å². The highest BCUT2D eigenvalue weighted by molar-refractivity contribution is 7.94. The van der Waals surface area contributed by atoms with E-state index >= 15 is 0 Å². The molecule has 0 saturated heterocycles. The third-order valence-electron chi connectivity index (χ3n) is 4.73. The lowest BCUT2D eigenvalue weighted by Gasteiger charge is -2.19. The maximum Gasteiger partial charge on any atom is 0.104 e. The summed E-state index contributed by atoms with van der Waals surface area (Å²) in [5, 5.41) is 0. The molecule has 5 heteroatoms. The van der Waals surface area contributed by atoms with Crippen LogP contribution in [0.15, 0.2) is 83.3 Å². The van der Waals surface area contributed by atoms with Crippen molar-refractivity contribution in [2.45, 2.75) is 39.5 Å². The molecule has 0 aromatic heterocycles. The summed E-state index contributed by atoms with van der Waals surface area (Å²) in [6.07, 6.45) is 3.29. The van der Waals surface area contributed by atoms with Gasteiger partial charge in [0.1, 0.15) is 11.5 Å². The van der Waals surface area contributed by atoms with Crippen LogP contribution >= 0.6 is 24.1 Å². The third-order valence-corrected chi connectivity index (χ3v) is 5.85. The Bertz CT molecular complexity index is 719. The number of hydrogen-bond acceptors (Lipinski definition) is 5. The Morgan fingerprint density at radius 1 is 0.690 bits per heavy atom. The van der Waals surface area contributed by atoms with Gasteiger partial charge in [-0.15, -0.1) is 0 Å². The molecule has 0 heterocycles. The largest absolute Gasteiger partial charge is 0.466 e. The van der Waals surface area contributed by atoms with Crippen molar-refractivity contribution in [2.75, 3.05) is 11.5 Å². The minimum atomic E-state index is 0.518. The minimum Gasteiger partial charge on any atom is -0.466 e. The molecular weight excluding hydrogens is 400 g/mol. The summed E-state index contributed by atoms with van der Waals surface area (Å²) < 4.78 is 25.1. The first kappa shape index (κ1) is 23.6. The highest BCUT2D eigenvalue weighted by Crippen LogP contribution is 2.25. The number of allylic oxidation sites excluding steroid dienone is 2. The van der Waals surface area contributed by atoms with Crippen molar-refractivity contribution in [3.05, 3.63) is 94.5 Å². The second-order valence-electron chi connectivity index (χ2n) is 7.03. The number of ether oxygens (including phenoxy) is 1. The van der Waals surface area contributed by atoms with Gasteiger partial charge in [-0.25, -0.2) is 0 Å². The summed E-state index contributed by atoms with van der Waals surface area (Å²) in [6, 6.07) is 20.7. The van der Waals surface area contributed by atoms with Gasteiger partial charge in [0.05, 0.1) is 0 Å². The number of hydrogen-bond donors (Lipinski definition) is 2. The van der Waals surface area contributed by atoms with Gasteiger partial charge in [-0.1, -0.05) is 60.7 Å². The topological polar surface area (TPSA) is 49.7 Å².